The Bertz CT molecular complexity index is 1280. The Morgan fingerprint density at radius 3 is 2.41 bits per heavy atom. The van der Waals surface area contributed by atoms with Gasteiger partial charge < -0.3 is 34.8 Å². The normalized spacial score (nSPS) is 19.1. The predicted molar refractivity (Wildman–Crippen MR) is 157 cm³/mol. The van der Waals surface area contributed by atoms with Gasteiger partial charge in [-0.2, -0.15) is 0 Å². The number of carbonyl (C=O) groups is 4. The van der Waals surface area contributed by atoms with Crippen LogP contribution in [0.3, 0.4) is 0 Å². The minimum atomic E-state index is -0.825. The maximum absolute atomic E-state index is 13.5. The first-order valence-corrected chi connectivity index (χ1v) is 14.1. The molecule has 2 saturated heterocycles. The zero-order valence-corrected chi connectivity index (χ0v) is 24.5. The van der Waals surface area contributed by atoms with Crippen molar-refractivity contribution in [1.82, 2.24) is 9.80 Å². The molecule has 3 N–H and O–H groups in total. The molecule has 220 valence electrons. The lowest BCUT2D eigenvalue weighted by atomic mass is 9.93. The molecular formula is C29H37N4O7P. The molecule has 2 heterocycles. The lowest BCUT2D eigenvalue weighted by molar-refractivity contribution is -0.145. The van der Waals surface area contributed by atoms with Crippen molar-refractivity contribution in [1.29, 1.82) is 0 Å². The molecule has 2 fully saturated rings. The topological polar surface area (TPSA) is 138 Å². The van der Waals surface area contributed by atoms with E-state index < -0.39 is 18.0 Å². The summed E-state index contributed by atoms with van der Waals surface area (Å²) in [4.78, 5) is 53.8. The number of hydrogen-bond donors (Lipinski definition) is 3. The number of hydrogen-bond acceptors (Lipinski definition) is 6. The van der Waals surface area contributed by atoms with E-state index in [0.29, 0.717) is 61.6 Å². The maximum Gasteiger partial charge on any atom is 0.323 e. The van der Waals surface area contributed by atoms with Crippen LogP contribution in [0.25, 0.3) is 0 Å². The molecule has 12 heteroatoms. The summed E-state index contributed by atoms with van der Waals surface area (Å²) in [5, 5.41) is 14.7. The highest BCUT2D eigenvalue weighted by atomic mass is 31.0. The number of nitrogens with zero attached hydrogens (tertiary/aromatic N) is 2. The van der Waals surface area contributed by atoms with Gasteiger partial charge in [-0.15, -0.1) is 0 Å². The molecule has 0 saturated carbocycles. The zero-order valence-electron chi connectivity index (χ0n) is 23.3. The maximum atomic E-state index is 13.5. The van der Waals surface area contributed by atoms with E-state index >= 15 is 0 Å². The van der Waals surface area contributed by atoms with Crippen LogP contribution in [0.2, 0.25) is 0 Å². The summed E-state index contributed by atoms with van der Waals surface area (Å²) in [5.41, 5.74) is 2.75. The van der Waals surface area contributed by atoms with E-state index in [4.69, 9.17) is 14.4 Å². The van der Waals surface area contributed by atoms with Crippen molar-refractivity contribution in [3.8, 4) is 5.75 Å². The van der Waals surface area contributed by atoms with Gasteiger partial charge in [-0.3, -0.25) is 14.4 Å². The Balaban J connectivity index is 1.40. The quantitative estimate of drug-likeness (QED) is 0.383. The van der Waals surface area contributed by atoms with Gasteiger partial charge in [0.05, 0.1) is 25.3 Å². The first-order chi connectivity index (χ1) is 19.7. The van der Waals surface area contributed by atoms with Crippen LogP contribution in [-0.4, -0.2) is 77.6 Å². The third-order valence-electron chi connectivity index (χ3n) is 7.71. The van der Waals surface area contributed by atoms with Crippen molar-refractivity contribution in [2.24, 2.45) is 5.92 Å². The summed E-state index contributed by atoms with van der Waals surface area (Å²) in [6.45, 7) is 3.15. The van der Waals surface area contributed by atoms with Gasteiger partial charge in [-0.05, 0) is 55.0 Å². The lowest BCUT2D eigenvalue weighted by Crippen LogP contribution is -2.50. The number of piperidine rings is 1. The van der Waals surface area contributed by atoms with Crippen molar-refractivity contribution in [2.45, 2.75) is 51.2 Å². The number of amides is 4. The van der Waals surface area contributed by atoms with Gasteiger partial charge in [-0.25, -0.2) is 4.79 Å². The van der Waals surface area contributed by atoms with Crippen molar-refractivity contribution < 1.29 is 33.5 Å². The summed E-state index contributed by atoms with van der Waals surface area (Å²) in [7, 11) is 3.70. The minimum absolute atomic E-state index is 0.0418. The first kappa shape index (κ1) is 30.3. The highest BCUT2D eigenvalue weighted by Crippen LogP contribution is 2.30. The van der Waals surface area contributed by atoms with Gasteiger partial charge in [0.1, 0.15) is 11.8 Å². The second kappa shape index (κ2) is 13.8. The van der Waals surface area contributed by atoms with Crippen molar-refractivity contribution in [3.63, 3.8) is 0 Å². The molecule has 0 bridgehead atoms. The Labute approximate surface area is 241 Å². The predicted octanol–water partition coefficient (Wildman–Crippen LogP) is 3.68. The summed E-state index contributed by atoms with van der Waals surface area (Å²) >= 11 is 0. The van der Waals surface area contributed by atoms with Gasteiger partial charge in [0.2, 0.25) is 11.8 Å². The molecular weight excluding hydrogens is 547 g/mol. The number of likely N-dealkylation sites (tertiary alicyclic amines) is 2. The van der Waals surface area contributed by atoms with Crippen molar-refractivity contribution in [2.75, 3.05) is 37.4 Å². The molecule has 2 aromatic carbocycles. The number of ether oxygens (including phenoxy) is 1. The number of aryl methyl sites for hydroxylation is 1. The molecule has 0 aliphatic carbocycles. The summed E-state index contributed by atoms with van der Waals surface area (Å²) in [5.74, 6) is -0.711. The molecule has 2 aromatic rings. The monoisotopic (exact) mass is 584 g/mol. The van der Waals surface area contributed by atoms with E-state index in [1.807, 2.05) is 31.2 Å². The van der Waals surface area contributed by atoms with Crippen molar-refractivity contribution >= 4 is 44.7 Å². The van der Waals surface area contributed by atoms with E-state index in [-0.39, 0.29) is 36.7 Å². The lowest BCUT2D eigenvalue weighted by Gasteiger charge is -2.35. The van der Waals surface area contributed by atoms with Gasteiger partial charge in [0.15, 0.2) is 0 Å². The highest BCUT2D eigenvalue weighted by molar-refractivity contribution is 7.09. The van der Waals surface area contributed by atoms with Crippen LogP contribution in [0.15, 0.2) is 42.5 Å². The largest absolute Gasteiger partial charge is 0.495 e. The molecule has 11 nitrogen and oxygen atoms in total. The van der Waals surface area contributed by atoms with Gasteiger partial charge in [0.25, 0.3) is 0 Å². The summed E-state index contributed by atoms with van der Waals surface area (Å²) in [6.07, 6.45) is 1.52. The average Bonchev–Trinajstić information content (AvgIpc) is 3.40. The van der Waals surface area contributed by atoms with E-state index in [1.165, 1.54) is 7.11 Å². The van der Waals surface area contributed by atoms with Gasteiger partial charge in [-0.1, -0.05) is 24.3 Å². The van der Waals surface area contributed by atoms with Crippen LogP contribution in [0.4, 0.5) is 16.2 Å². The van der Waals surface area contributed by atoms with Crippen LogP contribution in [-0.2, 0) is 25.3 Å². The van der Waals surface area contributed by atoms with E-state index in [2.05, 4.69) is 20.1 Å². The zero-order chi connectivity index (χ0) is 29.5. The smallest absolute Gasteiger partial charge is 0.323 e. The average molecular weight is 585 g/mol. The first-order valence-electron chi connectivity index (χ1n) is 13.6. The molecule has 0 aromatic heterocycles. The van der Waals surface area contributed by atoms with Crippen LogP contribution in [0, 0.1) is 12.8 Å². The van der Waals surface area contributed by atoms with Crippen LogP contribution in [0.1, 0.15) is 36.8 Å². The second-order valence-electron chi connectivity index (χ2n) is 10.5. The molecule has 4 amide bonds. The molecule has 2 aliphatic heterocycles. The fourth-order valence-electron chi connectivity index (χ4n) is 5.43. The minimum Gasteiger partial charge on any atom is -0.495 e. The number of urea groups is 1. The van der Waals surface area contributed by atoms with Crippen molar-refractivity contribution in [3.05, 3.63) is 53.6 Å². The Morgan fingerprint density at radius 1 is 1.05 bits per heavy atom. The van der Waals surface area contributed by atoms with E-state index in [0.717, 1.165) is 5.56 Å². The van der Waals surface area contributed by atoms with Crippen LogP contribution in [0.5, 0.6) is 5.75 Å². The number of rotatable bonds is 9. The Morgan fingerprint density at radius 2 is 1.76 bits per heavy atom. The summed E-state index contributed by atoms with van der Waals surface area (Å²) in [6, 6.07) is 11.5. The third-order valence-corrected chi connectivity index (χ3v) is 8.10. The number of anilines is 2. The third kappa shape index (κ3) is 7.74. The SMILES string of the molecule is COc1cc(CC(=O)N2C[C@H](OP)C[C@H]2C(=O)N2CCC(CC(=O)O)CC2)ccc1NC(=O)Nc1ccccc1C. The van der Waals surface area contributed by atoms with E-state index in [9.17, 15) is 19.2 Å². The number of carbonyl (C=O) groups excluding carboxylic acids is 3. The number of nitrogens with one attached hydrogen (secondary N) is 2. The van der Waals surface area contributed by atoms with E-state index in [1.54, 1.807) is 28.0 Å². The molecule has 1 unspecified atom stereocenters. The Kier molecular flexibility index (Phi) is 10.2. The molecule has 0 spiro atoms. The molecule has 0 radical (unpaired) electrons. The number of carboxylic acid groups (broad SMARTS) is 1. The molecule has 41 heavy (non-hydrogen) atoms. The number of aliphatic carboxylic acids is 1. The van der Waals surface area contributed by atoms with Gasteiger partial charge in [0, 0.05) is 47.6 Å². The standard InChI is InChI=1S/C29H37N4O7P/c1-18-5-3-4-6-22(18)30-29(38)31-23-8-7-20(13-25(23)39-2)14-26(34)33-17-21(40-41)16-24(33)28(37)32-11-9-19(10-12-32)15-27(35)36/h3-8,13,19,21,24H,9-12,14-17,41H2,1-2H3,(H,35,36)(H2,30,31,38)/t21-,24+/m1/s1. The second-order valence-corrected chi connectivity index (χ2v) is 10.8. The molecule has 2 aliphatic rings. The molecule has 4 rings (SSSR count). The van der Waals surface area contributed by atoms with Crippen LogP contribution >= 0.6 is 9.47 Å². The fraction of sp³-hybridized carbons (Fsp3) is 0.448. The fourth-order valence-corrected chi connectivity index (χ4v) is 5.63. The number of methoxy groups -OCH3 is 1. The number of para-hydroxylation sites is 1. The highest BCUT2D eigenvalue weighted by Gasteiger charge is 2.42. The Hall–Kier alpha value is -3.69. The number of benzene rings is 2. The molecule has 3 atom stereocenters. The summed E-state index contributed by atoms with van der Waals surface area (Å²) < 4.78 is 10.9. The van der Waals surface area contributed by atoms with Gasteiger partial charge >= 0.3 is 12.0 Å². The number of carboxylic acids is 1. The van der Waals surface area contributed by atoms with Crippen LogP contribution < -0.4 is 15.4 Å².